The first kappa shape index (κ1) is 23.9. The zero-order valence-electron chi connectivity index (χ0n) is 18.4. The van der Waals surface area contributed by atoms with Gasteiger partial charge in [0.15, 0.2) is 29.6 Å². The Hall–Kier alpha value is -3.42. The summed E-state index contributed by atoms with van der Waals surface area (Å²) in [6.07, 6.45) is 0.0173. The van der Waals surface area contributed by atoms with Crippen LogP contribution in [0.15, 0.2) is 36.4 Å². The van der Waals surface area contributed by atoms with Crippen LogP contribution in [0.3, 0.4) is 0 Å². The van der Waals surface area contributed by atoms with Gasteiger partial charge in [-0.2, -0.15) is 0 Å². The minimum absolute atomic E-state index is 0.0173. The van der Waals surface area contributed by atoms with Crippen molar-refractivity contribution < 1.29 is 33.3 Å². The van der Waals surface area contributed by atoms with Crippen LogP contribution in [0.2, 0.25) is 0 Å². The highest BCUT2D eigenvalue weighted by molar-refractivity contribution is 5.81. The zero-order valence-corrected chi connectivity index (χ0v) is 18.4. The van der Waals surface area contributed by atoms with Crippen LogP contribution in [0, 0.1) is 0 Å². The third-order valence-corrected chi connectivity index (χ3v) is 4.28. The maximum absolute atomic E-state index is 12.1. The Balaban J connectivity index is 1.86. The molecule has 2 rings (SSSR count). The SMILES string of the molecule is CCOc1ccc(CC(=O)OCC(=O)NCc2cccc(OC)c2OC)cc1OCC. The van der Waals surface area contributed by atoms with E-state index in [1.165, 1.54) is 7.11 Å². The molecule has 0 aliphatic rings. The molecule has 0 heterocycles. The second-order valence-electron chi connectivity index (χ2n) is 6.41. The molecule has 8 nitrogen and oxygen atoms in total. The molecular formula is C23H29NO7. The molecule has 0 saturated heterocycles. The summed E-state index contributed by atoms with van der Waals surface area (Å²) in [5, 5.41) is 2.70. The first-order valence-electron chi connectivity index (χ1n) is 10.0. The molecule has 0 bridgehead atoms. The molecule has 0 fully saturated rings. The Labute approximate surface area is 182 Å². The number of rotatable bonds is 12. The largest absolute Gasteiger partial charge is 0.493 e. The van der Waals surface area contributed by atoms with Crippen molar-refractivity contribution >= 4 is 11.9 Å². The number of amides is 1. The molecule has 2 aromatic rings. The van der Waals surface area contributed by atoms with Crippen molar-refractivity contribution in [2.24, 2.45) is 0 Å². The number of para-hydroxylation sites is 1. The van der Waals surface area contributed by atoms with Crippen LogP contribution in [0.1, 0.15) is 25.0 Å². The van der Waals surface area contributed by atoms with E-state index in [0.717, 1.165) is 5.56 Å². The van der Waals surface area contributed by atoms with Gasteiger partial charge < -0.3 is 29.0 Å². The van der Waals surface area contributed by atoms with Gasteiger partial charge in [0.05, 0.1) is 33.9 Å². The van der Waals surface area contributed by atoms with Crippen molar-refractivity contribution in [3.63, 3.8) is 0 Å². The Kier molecular flexibility index (Phi) is 9.48. The van der Waals surface area contributed by atoms with E-state index in [1.807, 2.05) is 19.9 Å². The summed E-state index contributed by atoms with van der Waals surface area (Å²) >= 11 is 0. The lowest BCUT2D eigenvalue weighted by Gasteiger charge is -2.13. The van der Waals surface area contributed by atoms with Gasteiger partial charge in [-0.3, -0.25) is 9.59 Å². The van der Waals surface area contributed by atoms with Gasteiger partial charge in [0.25, 0.3) is 5.91 Å². The van der Waals surface area contributed by atoms with E-state index in [0.29, 0.717) is 41.8 Å². The Morgan fingerprint density at radius 1 is 0.903 bits per heavy atom. The highest BCUT2D eigenvalue weighted by atomic mass is 16.5. The second-order valence-corrected chi connectivity index (χ2v) is 6.41. The third-order valence-electron chi connectivity index (χ3n) is 4.28. The van der Waals surface area contributed by atoms with E-state index in [1.54, 1.807) is 37.4 Å². The van der Waals surface area contributed by atoms with Crippen LogP contribution in [0.25, 0.3) is 0 Å². The number of benzene rings is 2. The third kappa shape index (κ3) is 7.09. The van der Waals surface area contributed by atoms with Gasteiger partial charge in [-0.05, 0) is 37.6 Å². The van der Waals surface area contributed by atoms with Gasteiger partial charge in [-0.15, -0.1) is 0 Å². The normalized spacial score (nSPS) is 10.2. The molecule has 0 aromatic heterocycles. The second kappa shape index (κ2) is 12.3. The minimum atomic E-state index is -0.513. The molecular weight excluding hydrogens is 402 g/mol. The number of methoxy groups -OCH3 is 2. The molecule has 2 aromatic carbocycles. The fourth-order valence-corrected chi connectivity index (χ4v) is 2.91. The van der Waals surface area contributed by atoms with E-state index in [2.05, 4.69) is 5.32 Å². The van der Waals surface area contributed by atoms with Crippen LogP contribution in [-0.2, 0) is 27.3 Å². The van der Waals surface area contributed by atoms with Crippen LogP contribution in [0.5, 0.6) is 23.0 Å². The molecule has 8 heteroatoms. The van der Waals surface area contributed by atoms with E-state index in [4.69, 9.17) is 23.7 Å². The molecule has 0 radical (unpaired) electrons. The highest BCUT2D eigenvalue weighted by Gasteiger charge is 2.13. The molecule has 1 amide bonds. The highest BCUT2D eigenvalue weighted by Crippen LogP contribution is 2.30. The number of hydrogen-bond acceptors (Lipinski definition) is 7. The number of hydrogen-bond donors (Lipinski definition) is 1. The van der Waals surface area contributed by atoms with Crippen LogP contribution in [-0.4, -0.2) is 45.9 Å². The standard InChI is InChI=1S/C23H29NO7/c1-5-29-18-11-10-16(12-20(18)30-6-2)13-22(26)31-15-21(25)24-14-17-8-7-9-19(27-3)23(17)28-4/h7-12H,5-6,13-15H2,1-4H3,(H,24,25). The maximum Gasteiger partial charge on any atom is 0.310 e. The number of carbonyl (C=O) groups is 2. The van der Waals surface area contributed by atoms with Gasteiger partial charge >= 0.3 is 5.97 Å². The molecule has 168 valence electrons. The lowest BCUT2D eigenvalue weighted by atomic mass is 10.1. The average molecular weight is 431 g/mol. The number of nitrogens with one attached hydrogen (secondary N) is 1. The van der Waals surface area contributed by atoms with Gasteiger partial charge in [0.2, 0.25) is 0 Å². The molecule has 0 atom stereocenters. The van der Waals surface area contributed by atoms with E-state index >= 15 is 0 Å². The Morgan fingerprint density at radius 2 is 1.65 bits per heavy atom. The molecule has 0 spiro atoms. The fourth-order valence-electron chi connectivity index (χ4n) is 2.91. The zero-order chi connectivity index (χ0) is 22.6. The topological polar surface area (TPSA) is 92.3 Å². The number of carbonyl (C=O) groups excluding carboxylic acids is 2. The summed E-state index contributed by atoms with van der Waals surface area (Å²) in [5.74, 6) is 1.37. The van der Waals surface area contributed by atoms with Crippen LogP contribution >= 0.6 is 0 Å². The van der Waals surface area contributed by atoms with E-state index in [9.17, 15) is 9.59 Å². The van der Waals surface area contributed by atoms with Crippen molar-refractivity contribution in [1.82, 2.24) is 5.32 Å². The number of ether oxygens (including phenoxy) is 5. The summed E-state index contributed by atoms with van der Waals surface area (Å²) in [5.41, 5.74) is 1.46. The summed E-state index contributed by atoms with van der Waals surface area (Å²) in [7, 11) is 3.07. The monoisotopic (exact) mass is 431 g/mol. The first-order valence-corrected chi connectivity index (χ1v) is 10.0. The average Bonchev–Trinajstić information content (AvgIpc) is 2.77. The van der Waals surface area contributed by atoms with Gasteiger partial charge in [-0.1, -0.05) is 18.2 Å². The Morgan fingerprint density at radius 3 is 2.32 bits per heavy atom. The summed E-state index contributed by atoms with van der Waals surface area (Å²) in [6, 6.07) is 10.6. The van der Waals surface area contributed by atoms with Crippen molar-refractivity contribution in [3.8, 4) is 23.0 Å². The summed E-state index contributed by atoms with van der Waals surface area (Å²) < 4.78 is 26.7. The molecule has 1 N–H and O–H groups in total. The van der Waals surface area contributed by atoms with Gasteiger partial charge in [-0.25, -0.2) is 0 Å². The quantitative estimate of drug-likeness (QED) is 0.517. The summed E-state index contributed by atoms with van der Waals surface area (Å²) in [4.78, 5) is 24.2. The summed E-state index contributed by atoms with van der Waals surface area (Å²) in [6.45, 7) is 4.59. The van der Waals surface area contributed by atoms with Crippen molar-refractivity contribution in [1.29, 1.82) is 0 Å². The van der Waals surface area contributed by atoms with Gasteiger partial charge in [0.1, 0.15) is 0 Å². The number of esters is 1. The molecule has 0 aliphatic carbocycles. The fraction of sp³-hybridized carbons (Fsp3) is 0.391. The lowest BCUT2D eigenvalue weighted by molar-refractivity contribution is -0.147. The van der Waals surface area contributed by atoms with Gasteiger partial charge in [0, 0.05) is 12.1 Å². The van der Waals surface area contributed by atoms with Crippen molar-refractivity contribution in [2.75, 3.05) is 34.0 Å². The lowest BCUT2D eigenvalue weighted by Crippen LogP contribution is -2.28. The molecule has 0 saturated carbocycles. The molecule has 0 aliphatic heterocycles. The van der Waals surface area contributed by atoms with Crippen LogP contribution in [0.4, 0.5) is 0 Å². The predicted octanol–water partition coefficient (Wildman–Crippen LogP) is 2.90. The van der Waals surface area contributed by atoms with E-state index in [-0.39, 0.29) is 19.6 Å². The molecule has 31 heavy (non-hydrogen) atoms. The maximum atomic E-state index is 12.1. The Bertz CT molecular complexity index is 882. The van der Waals surface area contributed by atoms with Crippen LogP contribution < -0.4 is 24.3 Å². The molecule has 0 unspecified atom stereocenters. The first-order chi connectivity index (χ1) is 15.0. The predicted molar refractivity (Wildman–Crippen MR) is 115 cm³/mol. The smallest absolute Gasteiger partial charge is 0.310 e. The van der Waals surface area contributed by atoms with Crippen molar-refractivity contribution in [2.45, 2.75) is 26.8 Å². The van der Waals surface area contributed by atoms with E-state index < -0.39 is 11.9 Å². The minimum Gasteiger partial charge on any atom is -0.493 e. The van der Waals surface area contributed by atoms with Crippen molar-refractivity contribution in [3.05, 3.63) is 47.5 Å².